The van der Waals surface area contributed by atoms with Gasteiger partial charge < -0.3 is 0 Å². The quantitative estimate of drug-likeness (QED) is 0.690. The van der Waals surface area contributed by atoms with Gasteiger partial charge in [-0.2, -0.15) is 25.3 Å². The van der Waals surface area contributed by atoms with Crippen LogP contribution in [0.3, 0.4) is 0 Å². The molecule has 0 saturated heterocycles. The lowest BCUT2D eigenvalue weighted by atomic mass is 10.2. The van der Waals surface area contributed by atoms with Crippen LogP contribution in [0.15, 0.2) is 29.2 Å². The van der Waals surface area contributed by atoms with Crippen molar-refractivity contribution < 1.29 is 36.7 Å². The Balaban J connectivity index is 3.05. The molecule has 9 nitrogen and oxygen atoms in total. The predicted octanol–water partition coefficient (Wildman–Crippen LogP) is -0.147. The molecule has 0 atom stereocenters. The average Bonchev–Trinajstić information content (AvgIpc) is 2.26. The predicted molar refractivity (Wildman–Crippen MR) is 65.4 cm³/mol. The van der Waals surface area contributed by atoms with Gasteiger partial charge >= 0.3 is 30.9 Å². The number of rotatable bonds is 6. The summed E-state index contributed by atoms with van der Waals surface area (Å²) < 4.78 is 78.1. The molecule has 12 heteroatoms. The van der Waals surface area contributed by atoms with Gasteiger partial charge in [0, 0.05) is 0 Å². The smallest absolute Gasteiger partial charge is 0.251 e. The zero-order chi connectivity index (χ0) is 15.6. The first kappa shape index (κ1) is 17.0. The lowest BCUT2D eigenvalue weighted by Crippen LogP contribution is -2.20. The molecule has 1 aromatic carbocycles. The number of benzene rings is 1. The molecule has 0 aliphatic rings. The Labute approximate surface area is 116 Å². The van der Waals surface area contributed by atoms with Crippen molar-refractivity contribution >= 4 is 30.9 Å². The zero-order valence-corrected chi connectivity index (χ0v) is 12.7. The van der Waals surface area contributed by atoms with E-state index in [2.05, 4.69) is 11.4 Å². The summed E-state index contributed by atoms with van der Waals surface area (Å²) in [4.78, 5) is -0.481. The molecule has 0 unspecified atom stereocenters. The van der Waals surface area contributed by atoms with Gasteiger partial charge in [-0.1, -0.05) is 21.3 Å². The average molecular weight is 346 g/mol. The van der Waals surface area contributed by atoms with Gasteiger partial charge in [0.2, 0.25) is 0 Å². The van der Waals surface area contributed by atoms with Crippen LogP contribution in [0.5, 0.6) is 0 Å². The maximum absolute atomic E-state index is 11.6. The van der Waals surface area contributed by atoms with Gasteiger partial charge in [0.1, 0.15) is 0 Å². The van der Waals surface area contributed by atoms with Crippen LogP contribution < -0.4 is 0 Å². The van der Waals surface area contributed by atoms with Gasteiger partial charge in [-0.25, -0.2) is 0 Å². The number of aryl methyl sites for hydroxylation is 1. The third-order valence-corrected chi connectivity index (χ3v) is 5.83. The van der Waals surface area contributed by atoms with Crippen molar-refractivity contribution in [3.8, 4) is 0 Å². The van der Waals surface area contributed by atoms with E-state index in [0.29, 0.717) is 7.11 Å². The largest absolute Gasteiger partial charge is 0.431 e. The fourth-order valence-corrected chi connectivity index (χ4v) is 3.99. The lowest BCUT2D eigenvalue weighted by molar-refractivity contribution is 0.312. The van der Waals surface area contributed by atoms with Crippen LogP contribution in [0, 0.1) is 6.92 Å². The molecule has 0 aliphatic carbocycles. The van der Waals surface area contributed by atoms with Gasteiger partial charge in [0.15, 0.2) is 0 Å². The maximum Gasteiger partial charge on any atom is 0.431 e. The van der Waals surface area contributed by atoms with Crippen LogP contribution in [0.1, 0.15) is 5.56 Å². The molecule has 1 aromatic rings. The monoisotopic (exact) mass is 346 g/mol. The van der Waals surface area contributed by atoms with E-state index >= 15 is 0 Å². The topological polar surface area (TPSA) is 130 Å². The Bertz CT molecular complexity index is 772. The highest BCUT2D eigenvalue weighted by Gasteiger charge is 2.31. The molecular formula is C8H10O9S3. The molecular weight excluding hydrogens is 336 g/mol. The van der Waals surface area contributed by atoms with E-state index < -0.39 is 35.8 Å². The molecule has 0 N–H and O–H groups in total. The number of hydrogen-bond donors (Lipinski definition) is 0. The highest BCUT2D eigenvalue weighted by atomic mass is 32.3. The van der Waals surface area contributed by atoms with E-state index in [9.17, 15) is 25.3 Å². The molecule has 0 bridgehead atoms. The second-order valence-corrected chi connectivity index (χ2v) is 7.82. The summed E-state index contributed by atoms with van der Waals surface area (Å²) >= 11 is 0. The molecule has 114 valence electrons. The van der Waals surface area contributed by atoms with Gasteiger partial charge in [0.05, 0.1) is 12.0 Å². The molecule has 0 aliphatic heterocycles. The van der Waals surface area contributed by atoms with E-state index in [1.807, 2.05) is 0 Å². The van der Waals surface area contributed by atoms with Gasteiger partial charge in [-0.3, -0.25) is 4.18 Å². The Morgan fingerprint density at radius 1 is 0.800 bits per heavy atom. The summed E-state index contributed by atoms with van der Waals surface area (Å²) in [6.45, 7) is 1.68. The lowest BCUT2D eigenvalue weighted by Gasteiger charge is -2.05. The minimum atomic E-state index is -5.37. The Morgan fingerprint density at radius 2 is 1.30 bits per heavy atom. The van der Waals surface area contributed by atoms with Crippen molar-refractivity contribution in [1.82, 2.24) is 0 Å². The minimum Gasteiger partial charge on any atom is -0.251 e. The molecule has 1 rings (SSSR count). The molecule has 0 fully saturated rings. The van der Waals surface area contributed by atoms with Gasteiger partial charge in [0.25, 0.3) is 0 Å². The van der Waals surface area contributed by atoms with E-state index in [-0.39, 0.29) is 0 Å². The molecule has 0 saturated carbocycles. The van der Waals surface area contributed by atoms with Gasteiger partial charge in [-0.05, 0) is 19.1 Å². The summed E-state index contributed by atoms with van der Waals surface area (Å²) in [5, 5.41) is 0. The van der Waals surface area contributed by atoms with Crippen LogP contribution in [-0.4, -0.2) is 32.4 Å². The Hall–Kier alpha value is -1.05. The molecule has 0 heterocycles. The molecule has 20 heavy (non-hydrogen) atoms. The Kier molecular flexibility index (Phi) is 4.89. The molecule has 0 aromatic heterocycles. The van der Waals surface area contributed by atoms with Crippen molar-refractivity contribution in [1.29, 1.82) is 0 Å². The maximum atomic E-state index is 11.6. The normalized spacial score (nSPS) is 13.3. The number of hydrogen-bond acceptors (Lipinski definition) is 9. The fourth-order valence-electron chi connectivity index (χ4n) is 0.995. The van der Waals surface area contributed by atoms with E-state index in [1.54, 1.807) is 6.92 Å². The second-order valence-electron chi connectivity index (χ2n) is 3.39. The van der Waals surface area contributed by atoms with Crippen molar-refractivity contribution in [3.05, 3.63) is 29.8 Å². The van der Waals surface area contributed by atoms with Gasteiger partial charge in [-0.15, -0.1) is 3.63 Å². The zero-order valence-electron chi connectivity index (χ0n) is 10.2. The van der Waals surface area contributed by atoms with Crippen LogP contribution in [0.25, 0.3) is 0 Å². The van der Waals surface area contributed by atoms with Crippen molar-refractivity contribution in [3.63, 3.8) is 0 Å². The first-order valence-corrected chi connectivity index (χ1v) is 8.84. The highest BCUT2D eigenvalue weighted by molar-refractivity contribution is 8.02. The summed E-state index contributed by atoms with van der Waals surface area (Å²) in [5.74, 6) is 0. The molecule has 0 amide bonds. The van der Waals surface area contributed by atoms with Crippen LogP contribution in [0.2, 0.25) is 0 Å². The van der Waals surface area contributed by atoms with Crippen LogP contribution >= 0.6 is 0 Å². The van der Waals surface area contributed by atoms with Crippen LogP contribution in [0.4, 0.5) is 0 Å². The third-order valence-electron chi connectivity index (χ3n) is 1.85. The summed E-state index contributed by atoms with van der Waals surface area (Å²) in [7, 11) is -14.4. The second kappa shape index (κ2) is 5.75. The van der Waals surface area contributed by atoms with Crippen molar-refractivity contribution in [2.75, 3.05) is 7.11 Å². The van der Waals surface area contributed by atoms with Crippen molar-refractivity contribution in [2.45, 2.75) is 11.8 Å². The highest BCUT2D eigenvalue weighted by Crippen LogP contribution is 2.17. The van der Waals surface area contributed by atoms with Crippen molar-refractivity contribution in [2.24, 2.45) is 0 Å². The van der Waals surface area contributed by atoms with Crippen LogP contribution in [-0.2, 0) is 42.4 Å². The summed E-state index contributed by atoms with van der Waals surface area (Å²) in [6, 6.07) is 4.97. The standard InChI is InChI=1S/C8H10O9S3/c1-7-3-5-8(6-4-7)18(9,10)16-20(13,14)17-19(11,12)15-2/h3-6H,1-2H3. The van der Waals surface area contributed by atoms with E-state index in [1.165, 1.54) is 12.1 Å². The van der Waals surface area contributed by atoms with E-state index in [4.69, 9.17) is 0 Å². The fraction of sp³-hybridized carbons (Fsp3) is 0.250. The first-order valence-electron chi connectivity index (χ1n) is 4.77. The summed E-state index contributed by atoms with van der Waals surface area (Å²) in [5.41, 5.74) is 0.727. The first-order chi connectivity index (χ1) is 8.97. The molecule has 0 spiro atoms. The third kappa shape index (κ3) is 4.81. The van der Waals surface area contributed by atoms with E-state index in [0.717, 1.165) is 17.7 Å². The SMILES string of the molecule is COS(=O)(=O)OS(=O)(=O)OS(=O)(=O)c1ccc(C)cc1. The summed E-state index contributed by atoms with van der Waals surface area (Å²) in [6.07, 6.45) is 0. The Morgan fingerprint density at radius 3 is 1.75 bits per heavy atom. The minimum absolute atomic E-state index is 0.481. The molecule has 0 radical (unpaired) electrons.